The Labute approximate surface area is 134 Å². The van der Waals surface area contributed by atoms with Crippen LogP contribution in [0.1, 0.15) is 20.3 Å². The average Bonchev–Trinajstić information content (AvgIpc) is 2.83. The topological polar surface area (TPSA) is 52.7 Å². The molecule has 126 valence electrons. The van der Waals surface area contributed by atoms with Crippen LogP contribution < -0.4 is 10.2 Å². The first-order chi connectivity index (χ1) is 10.9. The molecule has 1 heterocycles. The standard InChI is InChI=1S/C16H21F2N3O2/c1-11(2)5-6-19-15(22)10-20-7-8-21(16(20)23)12-3-4-13(17)14(18)9-12/h3-4,9,11H,5-8,10H2,1-2H3,(H,19,22). The molecular weight excluding hydrogens is 304 g/mol. The highest BCUT2D eigenvalue weighted by Crippen LogP contribution is 2.22. The smallest absolute Gasteiger partial charge is 0.325 e. The van der Waals surface area contributed by atoms with Gasteiger partial charge in [0, 0.05) is 31.4 Å². The Hall–Kier alpha value is -2.18. The van der Waals surface area contributed by atoms with E-state index in [2.05, 4.69) is 19.2 Å². The highest BCUT2D eigenvalue weighted by Gasteiger charge is 2.31. The number of rotatable bonds is 6. The van der Waals surface area contributed by atoms with E-state index in [1.165, 1.54) is 15.9 Å². The Morgan fingerprint density at radius 3 is 2.65 bits per heavy atom. The molecule has 1 aliphatic rings. The second-order valence-corrected chi connectivity index (χ2v) is 5.99. The van der Waals surface area contributed by atoms with Gasteiger partial charge >= 0.3 is 6.03 Å². The van der Waals surface area contributed by atoms with E-state index in [9.17, 15) is 18.4 Å². The fourth-order valence-electron chi connectivity index (χ4n) is 2.35. The summed E-state index contributed by atoms with van der Waals surface area (Å²) in [4.78, 5) is 26.8. The van der Waals surface area contributed by atoms with Crippen molar-refractivity contribution in [1.82, 2.24) is 10.2 Å². The van der Waals surface area contributed by atoms with Crippen molar-refractivity contribution < 1.29 is 18.4 Å². The Morgan fingerprint density at radius 1 is 1.26 bits per heavy atom. The van der Waals surface area contributed by atoms with E-state index >= 15 is 0 Å². The van der Waals surface area contributed by atoms with E-state index in [1.54, 1.807) is 0 Å². The summed E-state index contributed by atoms with van der Waals surface area (Å²) in [5.74, 6) is -1.68. The number of nitrogens with zero attached hydrogens (tertiary/aromatic N) is 2. The predicted molar refractivity (Wildman–Crippen MR) is 83.1 cm³/mol. The third-order valence-electron chi connectivity index (χ3n) is 3.69. The zero-order valence-corrected chi connectivity index (χ0v) is 13.3. The van der Waals surface area contributed by atoms with Gasteiger partial charge in [0.2, 0.25) is 5.91 Å². The lowest BCUT2D eigenvalue weighted by Crippen LogP contribution is -2.40. The molecule has 0 atom stereocenters. The molecular formula is C16H21F2N3O2. The largest absolute Gasteiger partial charge is 0.355 e. The third kappa shape index (κ3) is 4.40. The zero-order chi connectivity index (χ0) is 17.0. The predicted octanol–water partition coefficient (Wildman–Crippen LogP) is 2.37. The first kappa shape index (κ1) is 17.2. The molecule has 23 heavy (non-hydrogen) atoms. The lowest BCUT2D eigenvalue weighted by atomic mass is 10.1. The summed E-state index contributed by atoms with van der Waals surface area (Å²) >= 11 is 0. The van der Waals surface area contributed by atoms with Gasteiger partial charge in [0.05, 0.1) is 0 Å². The van der Waals surface area contributed by atoms with Crippen molar-refractivity contribution in [3.05, 3.63) is 29.8 Å². The summed E-state index contributed by atoms with van der Waals surface area (Å²) in [6, 6.07) is 2.94. The molecule has 2 rings (SSSR count). The van der Waals surface area contributed by atoms with Crippen molar-refractivity contribution in [3.8, 4) is 0 Å². The fraction of sp³-hybridized carbons (Fsp3) is 0.500. The van der Waals surface area contributed by atoms with Crippen molar-refractivity contribution >= 4 is 17.6 Å². The maximum Gasteiger partial charge on any atom is 0.325 e. The Kier molecular flexibility index (Phi) is 5.52. The number of anilines is 1. The van der Waals surface area contributed by atoms with Gasteiger partial charge in [-0.2, -0.15) is 0 Å². The first-order valence-electron chi connectivity index (χ1n) is 7.66. The second kappa shape index (κ2) is 7.39. The number of carbonyl (C=O) groups excluding carboxylic acids is 2. The number of carbonyl (C=O) groups is 2. The van der Waals surface area contributed by atoms with Crippen molar-refractivity contribution in [1.29, 1.82) is 0 Å². The van der Waals surface area contributed by atoms with Gasteiger partial charge in [-0.3, -0.25) is 9.69 Å². The molecule has 7 heteroatoms. The minimum Gasteiger partial charge on any atom is -0.355 e. The van der Waals surface area contributed by atoms with E-state index in [-0.39, 0.29) is 24.2 Å². The quantitative estimate of drug-likeness (QED) is 0.873. The van der Waals surface area contributed by atoms with Gasteiger partial charge in [-0.05, 0) is 24.5 Å². The molecule has 1 aromatic rings. The summed E-state index contributed by atoms with van der Waals surface area (Å²) < 4.78 is 26.2. The number of urea groups is 1. The third-order valence-corrected chi connectivity index (χ3v) is 3.69. The summed E-state index contributed by atoms with van der Waals surface area (Å²) in [7, 11) is 0. The zero-order valence-electron chi connectivity index (χ0n) is 13.3. The molecule has 1 saturated heterocycles. The summed E-state index contributed by atoms with van der Waals surface area (Å²) in [5.41, 5.74) is 0.289. The molecule has 5 nitrogen and oxygen atoms in total. The number of halogens is 2. The number of hydrogen-bond donors (Lipinski definition) is 1. The molecule has 0 aromatic heterocycles. The monoisotopic (exact) mass is 325 g/mol. The van der Waals surface area contributed by atoms with Crippen molar-refractivity contribution in [3.63, 3.8) is 0 Å². The Morgan fingerprint density at radius 2 is 2.00 bits per heavy atom. The van der Waals surface area contributed by atoms with Gasteiger partial charge in [-0.1, -0.05) is 13.8 Å². The number of hydrogen-bond acceptors (Lipinski definition) is 2. The van der Waals surface area contributed by atoms with Crippen LogP contribution in [-0.2, 0) is 4.79 Å². The SMILES string of the molecule is CC(C)CCNC(=O)CN1CCN(c2ccc(F)c(F)c2)C1=O. The molecule has 1 aliphatic heterocycles. The number of benzene rings is 1. The van der Waals surface area contributed by atoms with E-state index in [4.69, 9.17) is 0 Å². The van der Waals surface area contributed by atoms with Crippen LogP contribution in [-0.4, -0.2) is 43.0 Å². The lowest BCUT2D eigenvalue weighted by molar-refractivity contribution is -0.121. The van der Waals surface area contributed by atoms with Crippen LogP contribution >= 0.6 is 0 Å². The normalized spacial score (nSPS) is 14.7. The number of nitrogens with one attached hydrogen (secondary N) is 1. The summed E-state index contributed by atoms with van der Waals surface area (Å²) in [6.07, 6.45) is 0.876. The Balaban J connectivity index is 1.91. The lowest BCUT2D eigenvalue weighted by Gasteiger charge is -2.18. The van der Waals surface area contributed by atoms with Gasteiger partial charge in [0.25, 0.3) is 0 Å². The van der Waals surface area contributed by atoms with E-state index in [1.807, 2.05) is 0 Å². The minimum absolute atomic E-state index is 0.0306. The second-order valence-electron chi connectivity index (χ2n) is 5.99. The maximum atomic E-state index is 13.3. The van der Waals surface area contributed by atoms with E-state index in [0.29, 0.717) is 25.6 Å². The molecule has 0 spiro atoms. The van der Waals surface area contributed by atoms with Crippen LogP contribution in [0.3, 0.4) is 0 Å². The van der Waals surface area contributed by atoms with Gasteiger partial charge in [0.1, 0.15) is 6.54 Å². The van der Waals surface area contributed by atoms with Crippen molar-refractivity contribution in [2.75, 3.05) is 31.1 Å². The van der Waals surface area contributed by atoms with Gasteiger partial charge in [-0.15, -0.1) is 0 Å². The average molecular weight is 325 g/mol. The van der Waals surface area contributed by atoms with Crippen LogP contribution in [0.4, 0.5) is 19.3 Å². The molecule has 1 fully saturated rings. The first-order valence-corrected chi connectivity index (χ1v) is 7.66. The van der Waals surface area contributed by atoms with Gasteiger partial charge in [-0.25, -0.2) is 13.6 Å². The highest BCUT2D eigenvalue weighted by molar-refractivity contribution is 5.96. The van der Waals surface area contributed by atoms with Crippen LogP contribution in [0.2, 0.25) is 0 Å². The molecule has 0 bridgehead atoms. The summed E-state index contributed by atoms with van der Waals surface area (Å²) in [5, 5.41) is 2.77. The Bertz CT molecular complexity index is 593. The van der Waals surface area contributed by atoms with Gasteiger partial charge in [0.15, 0.2) is 11.6 Å². The van der Waals surface area contributed by atoms with Crippen LogP contribution in [0.5, 0.6) is 0 Å². The van der Waals surface area contributed by atoms with E-state index < -0.39 is 11.6 Å². The summed E-state index contributed by atoms with van der Waals surface area (Å²) in [6.45, 7) is 5.38. The van der Waals surface area contributed by atoms with Crippen LogP contribution in [0.15, 0.2) is 18.2 Å². The van der Waals surface area contributed by atoms with E-state index in [0.717, 1.165) is 18.6 Å². The minimum atomic E-state index is -1.000. The number of amides is 3. The maximum absolute atomic E-state index is 13.3. The van der Waals surface area contributed by atoms with Crippen molar-refractivity contribution in [2.24, 2.45) is 5.92 Å². The molecule has 1 N–H and O–H groups in total. The van der Waals surface area contributed by atoms with Gasteiger partial charge < -0.3 is 10.2 Å². The fourth-order valence-corrected chi connectivity index (χ4v) is 2.35. The molecule has 1 aromatic carbocycles. The molecule has 0 unspecified atom stereocenters. The molecule has 0 radical (unpaired) electrons. The molecule has 3 amide bonds. The van der Waals surface area contributed by atoms with Crippen LogP contribution in [0.25, 0.3) is 0 Å². The molecule has 0 saturated carbocycles. The van der Waals surface area contributed by atoms with Crippen molar-refractivity contribution in [2.45, 2.75) is 20.3 Å². The molecule has 0 aliphatic carbocycles. The van der Waals surface area contributed by atoms with Crippen LogP contribution in [0, 0.1) is 17.6 Å². The highest BCUT2D eigenvalue weighted by atomic mass is 19.2.